The summed E-state index contributed by atoms with van der Waals surface area (Å²) in [6.07, 6.45) is 0. The van der Waals surface area contributed by atoms with E-state index in [1.165, 1.54) is 82.6 Å². The quantitative estimate of drug-likeness (QED) is 0.121. The van der Waals surface area contributed by atoms with E-state index < -0.39 is 0 Å². The average Bonchev–Trinajstić information content (AvgIpc) is 1.57. The van der Waals surface area contributed by atoms with E-state index in [0.29, 0.717) is 34.9 Å². The highest BCUT2D eigenvalue weighted by molar-refractivity contribution is 6.18. The first kappa shape index (κ1) is 62.6. The second kappa shape index (κ2) is 27.2. The Morgan fingerprint density at radius 1 is 0.160 bits per heavy atom. The first-order chi connectivity index (χ1) is 52.5. The maximum Gasteiger partial charge on any atom is 0.164 e. The molecule has 0 amide bonds. The molecule has 4 aromatic heterocycles. The molecule has 0 saturated carbocycles. The maximum atomic E-state index is 5.00. The molecule has 4 heterocycles. The zero-order chi connectivity index (χ0) is 70.3. The van der Waals surface area contributed by atoms with Gasteiger partial charge in [0, 0.05) is 66.3 Å². The molecule has 0 N–H and O–H groups in total. The summed E-state index contributed by atoms with van der Waals surface area (Å²) in [7, 11) is 0. The number of aromatic nitrogens is 8. The summed E-state index contributed by atoms with van der Waals surface area (Å²) in [5.41, 5.74) is 22.3. The predicted molar refractivity (Wildman–Crippen MR) is 438 cm³/mol. The van der Waals surface area contributed by atoms with Crippen LogP contribution in [0, 0.1) is 0 Å². The molecule has 0 bridgehead atoms. The highest BCUT2D eigenvalue weighted by atomic mass is 15.0. The maximum absolute atomic E-state index is 5.00. The Labute approximate surface area is 612 Å². The van der Waals surface area contributed by atoms with Gasteiger partial charge < -0.3 is 9.13 Å². The van der Waals surface area contributed by atoms with Gasteiger partial charge in [-0.15, -0.1) is 0 Å². The van der Waals surface area contributed by atoms with Crippen LogP contribution >= 0.6 is 0 Å². The van der Waals surface area contributed by atoms with E-state index in [1.807, 2.05) is 121 Å². The number of benzene rings is 16. The van der Waals surface area contributed by atoms with Gasteiger partial charge in [0.15, 0.2) is 34.9 Å². The van der Waals surface area contributed by atoms with Crippen LogP contribution in [0.4, 0.5) is 0 Å². The molecular weight excluding hydrogens is 1290 g/mol. The van der Waals surface area contributed by atoms with Gasteiger partial charge in [-0.1, -0.05) is 303 Å². The number of para-hydroxylation sites is 2. The van der Waals surface area contributed by atoms with E-state index in [1.54, 1.807) is 0 Å². The van der Waals surface area contributed by atoms with Crippen LogP contribution < -0.4 is 0 Å². The monoisotopic (exact) mass is 1350 g/mol. The molecule has 0 unspecified atom stereocenters. The van der Waals surface area contributed by atoms with Gasteiger partial charge in [-0.25, -0.2) is 29.9 Å². The van der Waals surface area contributed by atoms with E-state index in [4.69, 9.17) is 29.9 Å². The normalized spacial score (nSPS) is 11.4. The molecule has 0 aliphatic heterocycles. The lowest BCUT2D eigenvalue weighted by atomic mass is 9.95. The molecule has 0 fully saturated rings. The third-order valence-electron chi connectivity index (χ3n) is 20.0. The van der Waals surface area contributed by atoms with E-state index >= 15 is 0 Å². The largest absolute Gasteiger partial charge is 0.309 e. The summed E-state index contributed by atoms with van der Waals surface area (Å²) < 4.78 is 4.77. The second-order valence-corrected chi connectivity index (χ2v) is 26.6. The van der Waals surface area contributed by atoms with Crippen LogP contribution in [-0.2, 0) is 0 Å². The number of fused-ring (bicyclic) bond motifs is 8. The van der Waals surface area contributed by atoms with Gasteiger partial charge in [-0.05, 0) is 151 Å². The lowest BCUT2D eigenvalue weighted by Gasteiger charge is -2.11. The molecular formula is C98H64N8. The van der Waals surface area contributed by atoms with Crippen LogP contribution in [0.1, 0.15) is 0 Å². The van der Waals surface area contributed by atoms with Crippen LogP contribution in [0.3, 0.4) is 0 Å². The Bertz CT molecular complexity index is 6530. The SMILES string of the molecule is c1ccc(-c2ccc3c(c2)c2c(-c4ccc5cc(-c6nc(-c7ccccc7)nc(-c7ccccc7)n6)ccc5c4)cccc2n3-c2ccccc2)cc1.c1ccc(-c2ccc3c(c2)c2c(-c4ccc5ccc(-c6nc(-c7ccccc7)nc(-c7ccccc7)n6)cc5c4)cccc2n3-c2ccccc2)cc1. The Hall–Kier alpha value is -14.3. The van der Waals surface area contributed by atoms with Crippen molar-refractivity contribution in [2.24, 2.45) is 0 Å². The molecule has 8 nitrogen and oxygen atoms in total. The lowest BCUT2D eigenvalue weighted by molar-refractivity contribution is 1.07. The van der Waals surface area contributed by atoms with E-state index in [9.17, 15) is 0 Å². The summed E-state index contributed by atoms with van der Waals surface area (Å²) in [4.78, 5) is 29.7. The minimum Gasteiger partial charge on any atom is -0.309 e. The van der Waals surface area contributed by atoms with Gasteiger partial charge in [0.25, 0.3) is 0 Å². The van der Waals surface area contributed by atoms with Gasteiger partial charge in [-0.3, -0.25) is 0 Å². The van der Waals surface area contributed by atoms with Crippen molar-refractivity contribution in [3.63, 3.8) is 0 Å². The number of rotatable bonds is 12. The van der Waals surface area contributed by atoms with Crippen LogP contribution in [-0.4, -0.2) is 39.0 Å². The van der Waals surface area contributed by atoms with Crippen molar-refractivity contribution in [2.45, 2.75) is 0 Å². The highest BCUT2D eigenvalue weighted by Gasteiger charge is 2.22. The third kappa shape index (κ3) is 11.9. The highest BCUT2D eigenvalue weighted by Crippen LogP contribution is 2.44. The molecule has 0 aliphatic carbocycles. The average molecular weight is 1350 g/mol. The minimum atomic E-state index is 0.645. The summed E-state index contributed by atoms with van der Waals surface area (Å²) in [5, 5.41) is 9.49. The van der Waals surface area contributed by atoms with Crippen molar-refractivity contribution in [1.29, 1.82) is 0 Å². The fourth-order valence-corrected chi connectivity index (χ4v) is 14.9. The summed E-state index contributed by atoms with van der Waals surface area (Å²) in [6.45, 7) is 0. The van der Waals surface area contributed by atoms with Crippen LogP contribution in [0.25, 0.3) is 189 Å². The minimum absolute atomic E-state index is 0.645. The van der Waals surface area contributed by atoms with Gasteiger partial charge >= 0.3 is 0 Å². The standard InChI is InChI=1S/2C49H32N4/c1-5-14-33(15-6-1)37-28-29-44-43(32-37)46-42(22-13-23-45(46)53(44)41-20-11-4-12-21-41)38-26-24-34-25-27-39(31-40(34)30-38)49-51-47(35-16-7-2-8-17-35)50-48(52-49)36-18-9-3-10-19-36;1-5-14-33(15-6-1)38-28-29-44-43(32-38)46-42(22-13-23-45(46)53(44)41-20-11-4-12-21-41)39-26-24-37-31-40(27-25-36(37)30-39)49-51-47(34-16-7-2-8-17-34)50-48(52-49)35-18-9-3-10-19-35/h2*1-32H. The molecule has 0 radical (unpaired) electrons. The molecule has 106 heavy (non-hydrogen) atoms. The summed E-state index contributed by atoms with van der Waals surface area (Å²) >= 11 is 0. The van der Waals surface area contributed by atoms with Crippen LogP contribution in [0.5, 0.6) is 0 Å². The molecule has 16 aromatic carbocycles. The van der Waals surface area contributed by atoms with E-state index in [-0.39, 0.29) is 0 Å². The molecule has 0 spiro atoms. The molecule has 20 aromatic rings. The smallest absolute Gasteiger partial charge is 0.164 e. The Kier molecular flexibility index (Phi) is 16.1. The number of hydrogen-bond donors (Lipinski definition) is 0. The fourth-order valence-electron chi connectivity index (χ4n) is 14.9. The van der Waals surface area contributed by atoms with Crippen molar-refractivity contribution < 1.29 is 0 Å². The number of hydrogen-bond acceptors (Lipinski definition) is 6. The second-order valence-electron chi connectivity index (χ2n) is 26.6. The van der Waals surface area contributed by atoms with E-state index in [0.717, 1.165) is 71.9 Å². The molecule has 0 atom stereocenters. The Morgan fingerprint density at radius 3 is 0.792 bits per heavy atom. The fraction of sp³-hybridized carbons (Fsp3) is 0. The zero-order valence-corrected chi connectivity index (χ0v) is 57.5. The Morgan fingerprint density at radius 2 is 0.434 bits per heavy atom. The van der Waals surface area contributed by atoms with Crippen molar-refractivity contribution in [2.75, 3.05) is 0 Å². The van der Waals surface area contributed by atoms with Crippen molar-refractivity contribution in [3.8, 4) is 124 Å². The van der Waals surface area contributed by atoms with Crippen molar-refractivity contribution in [3.05, 3.63) is 388 Å². The first-order valence-electron chi connectivity index (χ1n) is 35.7. The zero-order valence-electron chi connectivity index (χ0n) is 57.5. The van der Waals surface area contributed by atoms with Gasteiger partial charge in [0.2, 0.25) is 0 Å². The van der Waals surface area contributed by atoms with Crippen LogP contribution in [0.15, 0.2) is 388 Å². The lowest BCUT2D eigenvalue weighted by Crippen LogP contribution is -2.00. The summed E-state index contributed by atoms with van der Waals surface area (Å²) in [5.74, 6) is 3.91. The third-order valence-corrected chi connectivity index (χ3v) is 20.0. The first-order valence-corrected chi connectivity index (χ1v) is 35.7. The van der Waals surface area contributed by atoms with Crippen molar-refractivity contribution in [1.82, 2.24) is 39.0 Å². The summed E-state index contributed by atoms with van der Waals surface area (Å²) in [6, 6.07) is 137. The Balaban J connectivity index is 0.000000145. The van der Waals surface area contributed by atoms with Gasteiger partial charge in [0.05, 0.1) is 22.1 Å². The van der Waals surface area contributed by atoms with Gasteiger partial charge in [0.1, 0.15) is 0 Å². The number of nitrogens with zero attached hydrogens (tertiary/aromatic N) is 8. The molecule has 0 saturated heterocycles. The molecule has 0 aliphatic rings. The van der Waals surface area contributed by atoms with E-state index in [2.05, 4.69) is 276 Å². The van der Waals surface area contributed by atoms with Crippen molar-refractivity contribution >= 4 is 65.2 Å². The topological polar surface area (TPSA) is 87.2 Å². The van der Waals surface area contributed by atoms with Crippen LogP contribution in [0.2, 0.25) is 0 Å². The predicted octanol–water partition coefficient (Wildman–Crippen LogP) is 24.9. The molecule has 8 heteroatoms. The molecule has 20 rings (SSSR count). The molecule has 496 valence electrons. The van der Waals surface area contributed by atoms with Gasteiger partial charge in [-0.2, -0.15) is 0 Å².